The predicted octanol–water partition coefficient (Wildman–Crippen LogP) is 2.30. The molecule has 3 heteroatoms. The predicted molar refractivity (Wildman–Crippen MR) is 75.2 cm³/mol. The van der Waals surface area contributed by atoms with Gasteiger partial charge in [-0.25, -0.2) is 0 Å². The molecule has 4 atom stereocenters. The van der Waals surface area contributed by atoms with Crippen molar-refractivity contribution in [2.24, 2.45) is 11.8 Å². The second-order valence-electron chi connectivity index (χ2n) is 5.34. The van der Waals surface area contributed by atoms with Gasteiger partial charge in [-0.2, -0.15) is 11.8 Å². The highest BCUT2D eigenvalue weighted by Crippen LogP contribution is 2.24. The molecule has 0 saturated carbocycles. The molecule has 1 heterocycles. The van der Waals surface area contributed by atoms with Crippen LogP contribution < -0.4 is 5.32 Å². The van der Waals surface area contributed by atoms with Crippen molar-refractivity contribution in [1.29, 1.82) is 0 Å². The smallest absolute Gasteiger partial charge is 0.0117 e. The van der Waals surface area contributed by atoms with Crippen molar-refractivity contribution in [3.63, 3.8) is 0 Å². The summed E-state index contributed by atoms with van der Waals surface area (Å²) < 4.78 is 0. The fraction of sp³-hybridized carbons (Fsp3) is 1.00. The van der Waals surface area contributed by atoms with Gasteiger partial charge in [-0.1, -0.05) is 13.8 Å². The van der Waals surface area contributed by atoms with Crippen molar-refractivity contribution in [2.75, 3.05) is 32.1 Å². The Bertz CT molecular complexity index is 198. The van der Waals surface area contributed by atoms with E-state index in [0.29, 0.717) is 6.04 Å². The van der Waals surface area contributed by atoms with Crippen molar-refractivity contribution < 1.29 is 0 Å². The molecule has 16 heavy (non-hydrogen) atoms. The first-order valence-electron chi connectivity index (χ1n) is 6.50. The van der Waals surface area contributed by atoms with Crippen LogP contribution in [0.5, 0.6) is 0 Å². The highest BCUT2D eigenvalue weighted by Gasteiger charge is 2.31. The summed E-state index contributed by atoms with van der Waals surface area (Å²) in [6.07, 6.45) is 3.50. The van der Waals surface area contributed by atoms with Crippen LogP contribution in [0.4, 0.5) is 0 Å². The molecule has 96 valence electrons. The van der Waals surface area contributed by atoms with Crippen molar-refractivity contribution in [2.45, 2.75) is 39.3 Å². The maximum absolute atomic E-state index is 3.45. The van der Waals surface area contributed by atoms with Gasteiger partial charge in [0.25, 0.3) is 0 Å². The summed E-state index contributed by atoms with van der Waals surface area (Å²) in [4.78, 5) is 2.68. The van der Waals surface area contributed by atoms with E-state index < -0.39 is 0 Å². The van der Waals surface area contributed by atoms with Crippen LogP contribution in [0.2, 0.25) is 0 Å². The van der Waals surface area contributed by atoms with Crippen LogP contribution in [0.3, 0.4) is 0 Å². The molecular formula is C13H28N2S. The fourth-order valence-corrected chi connectivity index (χ4v) is 3.52. The van der Waals surface area contributed by atoms with Gasteiger partial charge in [0.1, 0.15) is 0 Å². The Morgan fingerprint density at radius 3 is 2.69 bits per heavy atom. The Labute approximate surface area is 106 Å². The van der Waals surface area contributed by atoms with Crippen molar-refractivity contribution >= 4 is 11.8 Å². The molecule has 1 saturated heterocycles. The lowest BCUT2D eigenvalue weighted by molar-refractivity contribution is 0.0777. The maximum Gasteiger partial charge on any atom is 0.0117 e. The molecule has 1 N–H and O–H groups in total. The second-order valence-corrected chi connectivity index (χ2v) is 6.25. The summed E-state index contributed by atoms with van der Waals surface area (Å²) in [5.41, 5.74) is 0. The van der Waals surface area contributed by atoms with E-state index in [4.69, 9.17) is 0 Å². The van der Waals surface area contributed by atoms with Crippen LogP contribution >= 0.6 is 11.8 Å². The van der Waals surface area contributed by atoms with Crippen LogP contribution in [-0.2, 0) is 0 Å². The van der Waals surface area contributed by atoms with E-state index in [2.05, 4.69) is 44.3 Å². The molecule has 0 aromatic carbocycles. The normalized spacial score (nSPS) is 33.9. The molecule has 0 spiro atoms. The van der Waals surface area contributed by atoms with Crippen LogP contribution in [-0.4, -0.2) is 49.1 Å². The summed E-state index contributed by atoms with van der Waals surface area (Å²) in [5, 5.41) is 3.45. The minimum Gasteiger partial charge on any atom is -0.317 e. The average molecular weight is 244 g/mol. The SMILES string of the molecule is CNC1CCN(CC(C)CSC)C(C)C1C. The number of rotatable bonds is 5. The first-order chi connectivity index (χ1) is 7.60. The Morgan fingerprint density at radius 2 is 2.12 bits per heavy atom. The molecule has 1 aliphatic rings. The van der Waals surface area contributed by atoms with E-state index in [1.807, 2.05) is 11.8 Å². The molecule has 1 fully saturated rings. The number of hydrogen-bond acceptors (Lipinski definition) is 3. The fourth-order valence-electron chi connectivity index (χ4n) is 2.84. The summed E-state index contributed by atoms with van der Waals surface area (Å²) in [6, 6.07) is 1.43. The zero-order valence-electron chi connectivity index (χ0n) is 11.5. The number of thioether (sulfide) groups is 1. The largest absolute Gasteiger partial charge is 0.317 e. The van der Waals surface area contributed by atoms with E-state index in [1.165, 1.54) is 25.3 Å². The first-order valence-corrected chi connectivity index (χ1v) is 7.89. The lowest BCUT2D eigenvalue weighted by atomic mass is 9.86. The van der Waals surface area contributed by atoms with E-state index in [-0.39, 0.29) is 0 Å². The molecule has 0 radical (unpaired) electrons. The molecular weight excluding hydrogens is 216 g/mol. The zero-order chi connectivity index (χ0) is 12.1. The zero-order valence-corrected chi connectivity index (χ0v) is 12.3. The maximum atomic E-state index is 3.45. The van der Waals surface area contributed by atoms with E-state index in [1.54, 1.807) is 0 Å². The van der Waals surface area contributed by atoms with Gasteiger partial charge >= 0.3 is 0 Å². The van der Waals surface area contributed by atoms with Gasteiger partial charge in [0.15, 0.2) is 0 Å². The third-order valence-electron chi connectivity index (χ3n) is 4.07. The van der Waals surface area contributed by atoms with Crippen molar-refractivity contribution in [1.82, 2.24) is 10.2 Å². The molecule has 0 aliphatic carbocycles. The number of hydrogen-bond donors (Lipinski definition) is 1. The molecule has 1 rings (SSSR count). The van der Waals surface area contributed by atoms with Crippen molar-refractivity contribution in [3.8, 4) is 0 Å². The second kappa shape index (κ2) is 6.87. The van der Waals surface area contributed by atoms with Crippen molar-refractivity contribution in [3.05, 3.63) is 0 Å². The van der Waals surface area contributed by atoms with E-state index >= 15 is 0 Å². The average Bonchev–Trinajstić information content (AvgIpc) is 2.25. The molecule has 0 aromatic heterocycles. The third-order valence-corrected chi connectivity index (χ3v) is 4.97. The van der Waals surface area contributed by atoms with E-state index in [9.17, 15) is 0 Å². The number of nitrogens with one attached hydrogen (secondary N) is 1. The minimum absolute atomic E-state index is 0.710. The van der Waals surface area contributed by atoms with Gasteiger partial charge < -0.3 is 5.32 Å². The summed E-state index contributed by atoms with van der Waals surface area (Å²) in [6.45, 7) is 9.67. The molecule has 1 aliphatic heterocycles. The molecule has 0 amide bonds. The number of nitrogens with zero attached hydrogens (tertiary/aromatic N) is 1. The molecule has 0 aromatic rings. The monoisotopic (exact) mass is 244 g/mol. The van der Waals surface area contributed by atoms with Gasteiger partial charge in [-0.05, 0) is 50.8 Å². The topological polar surface area (TPSA) is 15.3 Å². The van der Waals surface area contributed by atoms with Crippen LogP contribution in [0.25, 0.3) is 0 Å². The Balaban J connectivity index is 2.44. The lowest BCUT2D eigenvalue weighted by Gasteiger charge is -2.43. The first kappa shape index (κ1) is 14.3. The molecule has 4 unspecified atom stereocenters. The highest BCUT2D eigenvalue weighted by molar-refractivity contribution is 7.98. The highest BCUT2D eigenvalue weighted by atomic mass is 32.2. The lowest BCUT2D eigenvalue weighted by Crippen LogP contribution is -2.53. The quantitative estimate of drug-likeness (QED) is 0.799. The van der Waals surface area contributed by atoms with E-state index in [0.717, 1.165) is 17.9 Å². The van der Waals surface area contributed by atoms with Gasteiger partial charge in [0.05, 0.1) is 0 Å². The number of likely N-dealkylation sites (tertiary alicyclic amines) is 1. The third kappa shape index (κ3) is 3.64. The van der Waals surface area contributed by atoms with Gasteiger partial charge in [-0.3, -0.25) is 4.90 Å². The summed E-state index contributed by atoms with van der Waals surface area (Å²) >= 11 is 1.97. The molecule has 2 nitrogen and oxygen atoms in total. The minimum atomic E-state index is 0.710. The standard InChI is InChI=1S/C13H28N2S/c1-10(9-16-5)8-15-7-6-13(14-4)11(2)12(15)3/h10-14H,6-9H2,1-5H3. The van der Waals surface area contributed by atoms with Gasteiger partial charge in [-0.15, -0.1) is 0 Å². The Hall–Kier alpha value is 0.270. The van der Waals surface area contributed by atoms with Gasteiger partial charge in [0, 0.05) is 18.6 Å². The Kier molecular flexibility index (Phi) is 6.16. The number of piperidine rings is 1. The molecule has 0 bridgehead atoms. The Morgan fingerprint density at radius 1 is 1.44 bits per heavy atom. The van der Waals surface area contributed by atoms with Crippen LogP contribution in [0, 0.1) is 11.8 Å². The van der Waals surface area contributed by atoms with Crippen LogP contribution in [0.15, 0.2) is 0 Å². The van der Waals surface area contributed by atoms with Gasteiger partial charge in [0.2, 0.25) is 0 Å². The summed E-state index contributed by atoms with van der Waals surface area (Å²) in [7, 11) is 2.10. The van der Waals surface area contributed by atoms with Crippen LogP contribution in [0.1, 0.15) is 27.2 Å². The summed E-state index contributed by atoms with van der Waals surface area (Å²) in [5.74, 6) is 2.86.